The van der Waals surface area contributed by atoms with Crippen molar-refractivity contribution < 1.29 is 14.3 Å². The van der Waals surface area contributed by atoms with Crippen LogP contribution in [0.4, 0.5) is 0 Å². The lowest BCUT2D eigenvalue weighted by Gasteiger charge is -2.18. The van der Waals surface area contributed by atoms with Crippen molar-refractivity contribution in [3.8, 4) is 11.5 Å². The molecule has 23 heavy (non-hydrogen) atoms. The molecule has 0 saturated carbocycles. The Morgan fingerprint density at radius 3 is 2.52 bits per heavy atom. The molecule has 0 unspecified atom stereocenters. The monoisotopic (exact) mass is 333 g/mol. The normalized spacial score (nSPS) is 10.2. The highest BCUT2D eigenvalue weighted by Crippen LogP contribution is 2.18. The van der Waals surface area contributed by atoms with Crippen LogP contribution in [0.15, 0.2) is 48.5 Å². The molecule has 4 nitrogen and oxygen atoms in total. The number of halogens is 1. The summed E-state index contributed by atoms with van der Waals surface area (Å²) < 4.78 is 10.9. The van der Waals surface area contributed by atoms with Crippen LogP contribution in [0.2, 0.25) is 5.02 Å². The molecule has 0 aromatic heterocycles. The number of para-hydroxylation sites is 1. The van der Waals surface area contributed by atoms with Gasteiger partial charge in [0.1, 0.15) is 18.1 Å². The standard InChI is InChI=1S/C18H20ClNO3/c1-20(11-12-23-16-9-7-15(19)8-10-16)18(21)13-14-5-3-4-6-17(14)22-2/h3-10H,11-13H2,1-2H3. The minimum absolute atomic E-state index is 0.0224. The van der Waals surface area contributed by atoms with Crippen molar-refractivity contribution in [1.29, 1.82) is 0 Å². The highest BCUT2D eigenvalue weighted by Gasteiger charge is 2.12. The predicted molar refractivity (Wildman–Crippen MR) is 91.3 cm³/mol. The van der Waals surface area contributed by atoms with Gasteiger partial charge in [-0.05, 0) is 30.3 Å². The number of hydrogen-bond donors (Lipinski definition) is 0. The van der Waals surface area contributed by atoms with Crippen molar-refractivity contribution >= 4 is 17.5 Å². The molecule has 2 rings (SSSR count). The zero-order chi connectivity index (χ0) is 16.7. The van der Waals surface area contributed by atoms with Crippen molar-refractivity contribution in [2.24, 2.45) is 0 Å². The lowest BCUT2D eigenvalue weighted by molar-refractivity contribution is -0.129. The first-order valence-corrected chi connectivity index (χ1v) is 7.72. The van der Waals surface area contributed by atoms with E-state index in [0.29, 0.717) is 24.6 Å². The molecule has 0 atom stereocenters. The highest BCUT2D eigenvalue weighted by molar-refractivity contribution is 6.30. The van der Waals surface area contributed by atoms with Gasteiger partial charge in [0.25, 0.3) is 0 Å². The van der Waals surface area contributed by atoms with Gasteiger partial charge < -0.3 is 14.4 Å². The summed E-state index contributed by atoms with van der Waals surface area (Å²) in [5, 5.41) is 0.668. The molecule has 0 aliphatic carbocycles. The van der Waals surface area contributed by atoms with E-state index in [0.717, 1.165) is 17.1 Å². The molecule has 0 aliphatic rings. The molecule has 0 heterocycles. The van der Waals surface area contributed by atoms with E-state index in [1.165, 1.54) is 0 Å². The average Bonchev–Trinajstić information content (AvgIpc) is 2.57. The first-order valence-electron chi connectivity index (χ1n) is 7.34. The van der Waals surface area contributed by atoms with Crippen LogP contribution in [0.3, 0.4) is 0 Å². The van der Waals surface area contributed by atoms with Gasteiger partial charge in [0, 0.05) is 17.6 Å². The van der Waals surface area contributed by atoms with Crippen LogP contribution in [0, 0.1) is 0 Å². The number of hydrogen-bond acceptors (Lipinski definition) is 3. The minimum atomic E-state index is 0.0224. The van der Waals surface area contributed by atoms with Crippen molar-refractivity contribution in [1.82, 2.24) is 4.90 Å². The fraction of sp³-hybridized carbons (Fsp3) is 0.278. The van der Waals surface area contributed by atoms with Crippen LogP contribution < -0.4 is 9.47 Å². The van der Waals surface area contributed by atoms with Gasteiger partial charge in [0.2, 0.25) is 5.91 Å². The quantitative estimate of drug-likeness (QED) is 0.779. The first kappa shape index (κ1) is 17.2. The number of nitrogens with zero attached hydrogens (tertiary/aromatic N) is 1. The van der Waals surface area contributed by atoms with E-state index < -0.39 is 0 Å². The van der Waals surface area contributed by atoms with Crippen LogP contribution in [0.1, 0.15) is 5.56 Å². The van der Waals surface area contributed by atoms with Gasteiger partial charge in [-0.2, -0.15) is 0 Å². The number of ether oxygens (including phenoxy) is 2. The number of amides is 1. The van der Waals surface area contributed by atoms with E-state index in [1.807, 2.05) is 24.3 Å². The van der Waals surface area contributed by atoms with Crippen LogP contribution in [0.5, 0.6) is 11.5 Å². The summed E-state index contributed by atoms with van der Waals surface area (Å²) in [7, 11) is 3.37. The molecular weight excluding hydrogens is 314 g/mol. The number of rotatable bonds is 7. The summed E-state index contributed by atoms with van der Waals surface area (Å²) in [6.45, 7) is 0.937. The maximum absolute atomic E-state index is 12.3. The van der Waals surface area contributed by atoms with Crippen LogP contribution in [0.25, 0.3) is 0 Å². The second kappa shape index (κ2) is 8.44. The van der Waals surface area contributed by atoms with Gasteiger partial charge in [-0.1, -0.05) is 29.8 Å². The zero-order valence-electron chi connectivity index (χ0n) is 13.3. The summed E-state index contributed by atoms with van der Waals surface area (Å²) in [5.74, 6) is 1.49. The van der Waals surface area contributed by atoms with E-state index in [1.54, 1.807) is 43.3 Å². The molecule has 2 aromatic rings. The summed E-state index contributed by atoms with van der Waals surface area (Å²) in [6, 6.07) is 14.7. The van der Waals surface area contributed by atoms with Crippen molar-refractivity contribution in [2.45, 2.75) is 6.42 Å². The number of benzene rings is 2. The van der Waals surface area contributed by atoms with Gasteiger partial charge in [-0.3, -0.25) is 4.79 Å². The Hall–Kier alpha value is -2.20. The SMILES string of the molecule is COc1ccccc1CC(=O)N(C)CCOc1ccc(Cl)cc1. The molecule has 0 aliphatic heterocycles. The Morgan fingerprint density at radius 1 is 1.13 bits per heavy atom. The molecule has 2 aromatic carbocycles. The summed E-state index contributed by atoms with van der Waals surface area (Å²) >= 11 is 5.82. The second-order valence-electron chi connectivity index (χ2n) is 5.11. The Balaban J connectivity index is 1.81. The molecule has 1 amide bonds. The van der Waals surface area contributed by atoms with E-state index in [4.69, 9.17) is 21.1 Å². The number of likely N-dealkylation sites (N-methyl/N-ethyl adjacent to an activating group) is 1. The van der Waals surface area contributed by atoms with Crippen molar-refractivity contribution in [3.05, 3.63) is 59.1 Å². The summed E-state index contributed by atoms with van der Waals surface area (Å²) in [4.78, 5) is 13.9. The van der Waals surface area contributed by atoms with Gasteiger partial charge >= 0.3 is 0 Å². The molecule has 0 radical (unpaired) electrons. The second-order valence-corrected chi connectivity index (χ2v) is 5.54. The lowest BCUT2D eigenvalue weighted by atomic mass is 10.1. The molecular formula is C18H20ClNO3. The number of carbonyl (C=O) groups excluding carboxylic acids is 1. The maximum atomic E-state index is 12.3. The zero-order valence-corrected chi connectivity index (χ0v) is 14.0. The smallest absolute Gasteiger partial charge is 0.226 e. The third kappa shape index (κ3) is 5.18. The fourth-order valence-corrected chi connectivity index (χ4v) is 2.23. The van der Waals surface area contributed by atoms with Gasteiger partial charge in [-0.25, -0.2) is 0 Å². The lowest BCUT2D eigenvalue weighted by Crippen LogP contribution is -2.32. The third-order valence-corrected chi connectivity index (χ3v) is 3.72. The largest absolute Gasteiger partial charge is 0.496 e. The molecule has 0 spiro atoms. The summed E-state index contributed by atoms with van der Waals surface area (Å²) in [6.07, 6.45) is 0.307. The van der Waals surface area contributed by atoms with Crippen LogP contribution >= 0.6 is 11.6 Å². The minimum Gasteiger partial charge on any atom is -0.496 e. The van der Waals surface area contributed by atoms with Crippen molar-refractivity contribution in [2.75, 3.05) is 27.3 Å². The highest BCUT2D eigenvalue weighted by atomic mass is 35.5. The van der Waals surface area contributed by atoms with Gasteiger partial charge in [0.05, 0.1) is 20.1 Å². The average molecular weight is 334 g/mol. The molecule has 0 fully saturated rings. The molecule has 0 saturated heterocycles. The topological polar surface area (TPSA) is 38.8 Å². The Kier molecular flexibility index (Phi) is 6.29. The van der Waals surface area contributed by atoms with E-state index >= 15 is 0 Å². The third-order valence-electron chi connectivity index (χ3n) is 3.47. The van der Waals surface area contributed by atoms with E-state index in [9.17, 15) is 4.79 Å². The first-order chi connectivity index (χ1) is 11.1. The number of carbonyl (C=O) groups is 1. The van der Waals surface area contributed by atoms with E-state index in [2.05, 4.69) is 0 Å². The van der Waals surface area contributed by atoms with Crippen LogP contribution in [-0.2, 0) is 11.2 Å². The van der Waals surface area contributed by atoms with Crippen molar-refractivity contribution in [3.63, 3.8) is 0 Å². The Bertz CT molecular complexity index is 643. The van der Waals surface area contributed by atoms with Crippen LogP contribution in [-0.4, -0.2) is 38.1 Å². The van der Waals surface area contributed by atoms with Gasteiger partial charge in [-0.15, -0.1) is 0 Å². The molecule has 5 heteroatoms. The maximum Gasteiger partial charge on any atom is 0.226 e. The molecule has 0 N–H and O–H groups in total. The van der Waals surface area contributed by atoms with E-state index in [-0.39, 0.29) is 5.91 Å². The Labute approximate surface area is 141 Å². The predicted octanol–water partition coefficient (Wildman–Crippen LogP) is 3.43. The molecule has 122 valence electrons. The number of methoxy groups -OCH3 is 1. The van der Waals surface area contributed by atoms with Gasteiger partial charge in [0.15, 0.2) is 0 Å². The summed E-state index contributed by atoms with van der Waals surface area (Å²) in [5.41, 5.74) is 0.880. The molecule has 0 bridgehead atoms. The Morgan fingerprint density at radius 2 is 1.83 bits per heavy atom. The fourth-order valence-electron chi connectivity index (χ4n) is 2.10.